The number of nitrogens with zero attached hydrogens (tertiary/aromatic N) is 2. The van der Waals surface area contributed by atoms with Crippen LogP contribution in [0, 0.1) is 5.82 Å². The van der Waals surface area contributed by atoms with E-state index in [2.05, 4.69) is 15.3 Å². The van der Waals surface area contributed by atoms with Crippen LogP contribution in [0.15, 0.2) is 54.9 Å². The van der Waals surface area contributed by atoms with Gasteiger partial charge in [0, 0.05) is 24.3 Å². The number of fused-ring (bicyclic) bond motifs is 1. The van der Waals surface area contributed by atoms with Gasteiger partial charge in [0.05, 0.1) is 17.6 Å². The summed E-state index contributed by atoms with van der Waals surface area (Å²) >= 11 is 5.52. The molecule has 1 aliphatic heterocycles. The van der Waals surface area contributed by atoms with Crippen LogP contribution in [0.25, 0.3) is 0 Å². The van der Waals surface area contributed by atoms with E-state index < -0.39 is 11.7 Å². The first-order chi connectivity index (χ1) is 13.8. The monoisotopic (exact) mass is 420 g/mol. The molecule has 1 aromatic heterocycles. The van der Waals surface area contributed by atoms with Crippen LogP contribution in [0.5, 0.6) is 0 Å². The number of alkyl halides is 3. The minimum Gasteiger partial charge on any atom is -0.348 e. The Labute approximate surface area is 169 Å². The maximum atomic E-state index is 13.4. The molecular weight excluding hydrogens is 404 g/mol. The third-order valence-electron chi connectivity index (χ3n) is 4.81. The van der Waals surface area contributed by atoms with Gasteiger partial charge in [-0.25, -0.2) is 9.37 Å². The first-order valence-electron chi connectivity index (χ1n) is 8.85. The Bertz CT molecular complexity index is 1030. The molecule has 0 fully saturated rings. The molecule has 3 aromatic rings. The number of H-pyrrole nitrogens is 1. The molecule has 4 rings (SSSR count). The first-order valence-corrected chi connectivity index (χ1v) is 9.26. The summed E-state index contributed by atoms with van der Waals surface area (Å²) < 4.78 is 52.4. The number of aromatic amines is 1. The molecule has 29 heavy (non-hydrogen) atoms. The van der Waals surface area contributed by atoms with Gasteiger partial charge in [0.25, 0.3) is 0 Å². The molecule has 0 amide bonds. The van der Waals surface area contributed by atoms with Gasteiger partial charge in [-0.2, -0.15) is 13.2 Å². The normalized spacial score (nSPS) is 16.4. The van der Waals surface area contributed by atoms with Gasteiger partial charge in [-0.1, -0.05) is 18.2 Å². The van der Waals surface area contributed by atoms with Crippen molar-refractivity contribution in [2.24, 2.45) is 0 Å². The molecule has 1 atom stereocenters. The van der Waals surface area contributed by atoms with Crippen LogP contribution in [-0.4, -0.2) is 26.5 Å². The third-order valence-corrected chi connectivity index (χ3v) is 5.15. The second-order valence-corrected chi connectivity index (χ2v) is 7.06. The van der Waals surface area contributed by atoms with Gasteiger partial charge in [0.15, 0.2) is 5.11 Å². The molecule has 2 aromatic carbocycles. The van der Waals surface area contributed by atoms with Crippen LogP contribution in [0.1, 0.15) is 28.6 Å². The maximum Gasteiger partial charge on any atom is 0.416 e. The highest BCUT2D eigenvalue weighted by Crippen LogP contribution is 2.35. The summed E-state index contributed by atoms with van der Waals surface area (Å²) in [7, 11) is 0. The highest BCUT2D eigenvalue weighted by molar-refractivity contribution is 7.80. The number of imidazole rings is 1. The first kappa shape index (κ1) is 19.4. The van der Waals surface area contributed by atoms with Gasteiger partial charge in [-0.15, -0.1) is 0 Å². The van der Waals surface area contributed by atoms with Gasteiger partial charge in [0.2, 0.25) is 0 Å². The van der Waals surface area contributed by atoms with E-state index in [-0.39, 0.29) is 22.7 Å². The fraction of sp³-hybridized carbons (Fsp3) is 0.200. The highest BCUT2D eigenvalue weighted by atomic mass is 32.1. The number of hydrogen-bond donors (Lipinski definition) is 2. The zero-order valence-electron chi connectivity index (χ0n) is 15.0. The van der Waals surface area contributed by atoms with E-state index in [1.807, 2.05) is 4.90 Å². The van der Waals surface area contributed by atoms with Crippen molar-refractivity contribution in [3.8, 4) is 0 Å². The number of nitrogens with one attached hydrogen (secondary N) is 2. The fourth-order valence-electron chi connectivity index (χ4n) is 3.45. The summed E-state index contributed by atoms with van der Waals surface area (Å²) in [5.41, 5.74) is 1.99. The van der Waals surface area contributed by atoms with Crippen molar-refractivity contribution in [3.63, 3.8) is 0 Å². The standard InChI is InChI=1S/C20H16F4N4S/c21-14-6-4-12(5-7-14)18-17-16(25-11-26-17)8-9-28(18)19(29)27-15-3-1-2-13(10-15)20(22,23)24/h1-7,10-11,18H,8-9H2,(H,25,26)(H,27,29)/t18-/m1/s1. The van der Waals surface area contributed by atoms with E-state index >= 15 is 0 Å². The summed E-state index contributed by atoms with van der Waals surface area (Å²) in [5.74, 6) is -0.358. The highest BCUT2D eigenvalue weighted by Gasteiger charge is 2.33. The number of thiocarbonyl (C=S) groups is 1. The third kappa shape index (κ3) is 3.95. The number of anilines is 1. The summed E-state index contributed by atoms with van der Waals surface area (Å²) in [5, 5.41) is 3.17. The molecule has 0 saturated heterocycles. The Morgan fingerprint density at radius 3 is 2.66 bits per heavy atom. The summed E-state index contributed by atoms with van der Waals surface area (Å²) in [6.07, 6.45) is -2.20. The molecule has 150 valence electrons. The predicted octanol–water partition coefficient (Wildman–Crippen LogP) is 4.91. The van der Waals surface area contributed by atoms with Crippen molar-refractivity contribution < 1.29 is 17.6 Å². The summed E-state index contributed by atoms with van der Waals surface area (Å²) in [4.78, 5) is 9.35. The molecule has 4 nitrogen and oxygen atoms in total. The molecule has 1 aliphatic rings. The fourth-order valence-corrected chi connectivity index (χ4v) is 3.76. The number of benzene rings is 2. The Balaban J connectivity index is 1.64. The molecule has 0 aliphatic carbocycles. The quantitative estimate of drug-likeness (QED) is 0.457. The maximum absolute atomic E-state index is 13.4. The van der Waals surface area contributed by atoms with Gasteiger partial charge < -0.3 is 15.2 Å². The molecule has 0 radical (unpaired) electrons. The minimum atomic E-state index is -4.44. The SMILES string of the molecule is Fc1ccc([C@@H]2c3nc[nH]c3CCN2C(=S)Nc2cccc(C(F)(F)F)c2)cc1. The zero-order valence-corrected chi connectivity index (χ0v) is 15.8. The Morgan fingerprint density at radius 2 is 1.93 bits per heavy atom. The predicted molar refractivity (Wildman–Crippen MR) is 105 cm³/mol. The van der Waals surface area contributed by atoms with Gasteiger partial charge >= 0.3 is 6.18 Å². The molecular formula is C20H16F4N4S. The Morgan fingerprint density at radius 1 is 1.17 bits per heavy atom. The van der Waals surface area contributed by atoms with Crippen molar-refractivity contribution in [2.75, 3.05) is 11.9 Å². The van der Waals surface area contributed by atoms with Crippen molar-refractivity contribution >= 4 is 23.0 Å². The molecule has 0 bridgehead atoms. The van der Waals surface area contributed by atoms with E-state index in [0.717, 1.165) is 29.1 Å². The average molecular weight is 420 g/mol. The number of rotatable bonds is 2. The Hall–Kier alpha value is -2.94. The van der Waals surface area contributed by atoms with E-state index in [4.69, 9.17) is 12.2 Å². The number of halogens is 4. The van der Waals surface area contributed by atoms with Crippen LogP contribution in [-0.2, 0) is 12.6 Å². The van der Waals surface area contributed by atoms with Crippen molar-refractivity contribution in [2.45, 2.75) is 18.6 Å². The Kier molecular flexibility index (Phi) is 4.99. The van der Waals surface area contributed by atoms with E-state index in [9.17, 15) is 17.6 Å². The van der Waals surface area contributed by atoms with E-state index in [1.54, 1.807) is 18.5 Å². The second-order valence-electron chi connectivity index (χ2n) is 6.67. The van der Waals surface area contributed by atoms with Gasteiger partial charge in [0.1, 0.15) is 11.9 Å². The van der Waals surface area contributed by atoms with Crippen LogP contribution < -0.4 is 5.32 Å². The molecule has 0 spiro atoms. The number of aromatic nitrogens is 2. The van der Waals surface area contributed by atoms with E-state index in [0.29, 0.717) is 13.0 Å². The van der Waals surface area contributed by atoms with Crippen LogP contribution in [0.2, 0.25) is 0 Å². The van der Waals surface area contributed by atoms with Crippen molar-refractivity contribution in [1.82, 2.24) is 14.9 Å². The number of hydrogen-bond acceptors (Lipinski definition) is 2. The zero-order chi connectivity index (χ0) is 20.6. The molecule has 2 heterocycles. The smallest absolute Gasteiger partial charge is 0.348 e. The second kappa shape index (κ2) is 7.47. The average Bonchev–Trinajstić information content (AvgIpc) is 3.16. The summed E-state index contributed by atoms with van der Waals surface area (Å²) in [6, 6.07) is 10.5. The van der Waals surface area contributed by atoms with Crippen molar-refractivity contribution in [1.29, 1.82) is 0 Å². The lowest BCUT2D eigenvalue weighted by Gasteiger charge is -2.37. The molecule has 0 saturated carbocycles. The molecule has 0 unspecified atom stereocenters. The lowest BCUT2D eigenvalue weighted by atomic mass is 9.96. The molecule has 2 N–H and O–H groups in total. The van der Waals surface area contributed by atoms with Crippen LogP contribution in [0.3, 0.4) is 0 Å². The lowest BCUT2D eigenvalue weighted by Crippen LogP contribution is -2.43. The van der Waals surface area contributed by atoms with Gasteiger partial charge in [-0.3, -0.25) is 0 Å². The lowest BCUT2D eigenvalue weighted by molar-refractivity contribution is -0.137. The van der Waals surface area contributed by atoms with Crippen LogP contribution in [0.4, 0.5) is 23.2 Å². The molecule has 9 heteroatoms. The van der Waals surface area contributed by atoms with Gasteiger partial charge in [-0.05, 0) is 48.1 Å². The summed E-state index contributed by atoms with van der Waals surface area (Å²) in [6.45, 7) is 0.530. The largest absolute Gasteiger partial charge is 0.416 e. The van der Waals surface area contributed by atoms with Crippen molar-refractivity contribution in [3.05, 3.63) is 83.2 Å². The topological polar surface area (TPSA) is 44.0 Å². The van der Waals surface area contributed by atoms with Crippen LogP contribution >= 0.6 is 12.2 Å². The van der Waals surface area contributed by atoms with E-state index in [1.165, 1.54) is 24.3 Å². The minimum absolute atomic E-state index is 0.246.